The van der Waals surface area contributed by atoms with Crippen LogP contribution in [0.25, 0.3) is 0 Å². The van der Waals surface area contributed by atoms with Gasteiger partial charge in [0, 0.05) is 4.92 Å². The molecule has 1 saturated carbocycles. The van der Waals surface area contributed by atoms with Gasteiger partial charge in [-0.3, -0.25) is 19.7 Å². The maximum atomic E-state index is 12.2. The molecule has 2 atom stereocenters. The molecule has 1 heterocycles. The van der Waals surface area contributed by atoms with Gasteiger partial charge in [0.05, 0.1) is 19.5 Å². The molecule has 8 heteroatoms. The molecule has 0 radical (unpaired) electrons. The van der Waals surface area contributed by atoms with Crippen LogP contribution in [0, 0.1) is 15.5 Å². The van der Waals surface area contributed by atoms with E-state index in [1.165, 1.54) is 18.4 Å². The van der Waals surface area contributed by atoms with Gasteiger partial charge in [-0.1, -0.05) is 0 Å². The molecule has 2 rings (SSSR count). The van der Waals surface area contributed by atoms with Crippen LogP contribution >= 0.6 is 0 Å². The number of rotatable bonds is 6. The van der Waals surface area contributed by atoms with Gasteiger partial charge in [0.2, 0.25) is 5.41 Å². The van der Waals surface area contributed by atoms with Gasteiger partial charge in [0.25, 0.3) is 6.04 Å². The van der Waals surface area contributed by atoms with Crippen molar-refractivity contribution in [2.24, 2.45) is 5.41 Å². The van der Waals surface area contributed by atoms with E-state index < -0.39 is 34.2 Å². The second-order valence-electron chi connectivity index (χ2n) is 4.53. The second-order valence-corrected chi connectivity index (χ2v) is 4.53. The summed E-state index contributed by atoms with van der Waals surface area (Å²) < 4.78 is 14.8. The summed E-state index contributed by atoms with van der Waals surface area (Å²) in [5.41, 5.74) is -1.96. The fourth-order valence-corrected chi connectivity index (χ4v) is 2.59. The van der Waals surface area contributed by atoms with E-state index in [4.69, 9.17) is 13.9 Å². The molecule has 0 amide bonds. The van der Waals surface area contributed by atoms with Crippen LogP contribution in [0.5, 0.6) is 0 Å². The van der Waals surface area contributed by atoms with Crippen molar-refractivity contribution in [1.82, 2.24) is 0 Å². The number of hydrogen-bond donors (Lipinski definition) is 0. The monoisotopic (exact) mass is 297 g/mol. The molecule has 0 spiro atoms. The van der Waals surface area contributed by atoms with Crippen LogP contribution in [0.15, 0.2) is 22.8 Å². The number of furan rings is 1. The van der Waals surface area contributed by atoms with Crippen LogP contribution in [0.4, 0.5) is 0 Å². The van der Waals surface area contributed by atoms with Crippen LogP contribution in [-0.2, 0) is 19.1 Å². The Kier molecular flexibility index (Phi) is 3.97. The predicted octanol–water partition coefficient (Wildman–Crippen LogP) is 1.13. The van der Waals surface area contributed by atoms with Gasteiger partial charge < -0.3 is 13.9 Å². The van der Waals surface area contributed by atoms with Gasteiger partial charge in [-0.25, -0.2) is 0 Å². The quantitative estimate of drug-likeness (QED) is 0.335. The molecule has 0 N–H and O–H groups in total. The van der Waals surface area contributed by atoms with E-state index in [0.29, 0.717) is 0 Å². The molecule has 1 aliphatic carbocycles. The summed E-state index contributed by atoms with van der Waals surface area (Å²) in [4.78, 5) is 35.0. The molecule has 1 aliphatic rings. The highest BCUT2D eigenvalue weighted by Crippen LogP contribution is 2.62. The lowest BCUT2D eigenvalue weighted by Gasteiger charge is -2.12. The van der Waals surface area contributed by atoms with E-state index >= 15 is 0 Å². The first kappa shape index (κ1) is 15.0. The van der Waals surface area contributed by atoms with Crippen LogP contribution in [0.3, 0.4) is 0 Å². The number of hydrogen-bond acceptors (Lipinski definition) is 7. The number of carbonyl (C=O) groups excluding carboxylic acids is 2. The number of ether oxygens (including phenoxy) is 2. The predicted molar refractivity (Wildman–Crippen MR) is 67.9 cm³/mol. The molecule has 0 aliphatic heterocycles. The van der Waals surface area contributed by atoms with Gasteiger partial charge in [0.1, 0.15) is 11.7 Å². The van der Waals surface area contributed by atoms with E-state index in [9.17, 15) is 19.7 Å². The van der Waals surface area contributed by atoms with E-state index in [-0.39, 0.29) is 19.0 Å². The van der Waals surface area contributed by atoms with Crippen molar-refractivity contribution >= 4 is 11.9 Å². The highest BCUT2D eigenvalue weighted by molar-refractivity contribution is 6.06. The van der Waals surface area contributed by atoms with E-state index in [2.05, 4.69) is 0 Å². The molecule has 114 valence electrons. The lowest BCUT2D eigenvalue weighted by Crippen LogP contribution is -2.35. The molecule has 0 saturated heterocycles. The zero-order valence-electron chi connectivity index (χ0n) is 11.6. The van der Waals surface area contributed by atoms with Crippen molar-refractivity contribution in [2.45, 2.75) is 25.8 Å². The Morgan fingerprint density at radius 3 is 2.29 bits per heavy atom. The first-order valence-corrected chi connectivity index (χ1v) is 6.53. The molecule has 8 nitrogen and oxygen atoms in total. The number of carbonyl (C=O) groups is 2. The van der Waals surface area contributed by atoms with Crippen molar-refractivity contribution < 1.29 is 28.4 Å². The topological polar surface area (TPSA) is 109 Å². The van der Waals surface area contributed by atoms with Gasteiger partial charge in [-0.2, -0.15) is 0 Å². The Labute approximate surface area is 120 Å². The molecule has 0 aromatic carbocycles. The summed E-state index contributed by atoms with van der Waals surface area (Å²) in [6.07, 6.45) is 1.33. The Morgan fingerprint density at radius 2 is 1.90 bits per heavy atom. The van der Waals surface area contributed by atoms with Gasteiger partial charge in [0.15, 0.2) is 0 Å². The van der Waals surface area contributed by atoms with Crippen molar-refractivity contribution in [3.05, 3.63) is 34.3 Å². The molecule has 1 aromatic rings. The molecular formula is C13H15NO7. The van der Waals surface area contributed by atoms with Crippen molar-refractivity contribution in [1.29, 1.82) is 0 Å². The van der Waals surface area contributed by atoms with E-state index in [1.807, 2.05) is 0 Å². The van der Waals surface area contributed by atoms with Crippen molar-refractivity contribution in [2.75, 3.05) is 13.2 Å². The van der Waals surface area contributed by atoms with E-state index in [0.717, 1.165) is 0 Å². The average molecular weight is 297 g/mol. The average Bonchev–Trinajstić information content (AvgIpc) is 2.86. The summed E-state index contributed by atoms with van der Waals surface area (Å²) >= 11 is 0. The van der Waals surface area contributed by atoms with Crippen molar-refractivity contribution in [3.63, 3.8) is 0 Å². The van der Waals surface area contributed by atoms with Crippen LogP contribution in [0.2, 0.25) is 0 Å². The second kappa shape index (κ2) is 5.55. The highest BCUT2D eigenvalue weighted by atomic mass is 16.6. The van der Waals surface area contributed by atoms with Gasteiger partial charge in [-0.15, -0.1) is 0 Å². The Bertz CT molecular complexity index is 533. The fraction of sp³-hybridized carbons (Fsp3) is 0.538. The number of nitrogens with zero attached hydrogens (tertiary/aromatic N) is 1. The standard InChI is InChI=1S/C13H15NO7/c1-3-19-11(15)13(12(16)20-4-2)9(10(13)14(17)18)8-6-5-7-21-8/h5-7,9-10H,3-4H2,1-2H3/t9-,10-/m1/s1. The minimum Gasteiger partial charge on any atom is -0.469 e. The third-order valence-electron chi connectivity index (χ3n) is 3.47. The number of esters is 2. The molecule has 1 fully saturated rings. The van der Waals surface area contributed by atoms with E-state index in [1.54, 1.807) is 13.8 Å². The molecular weight excluding hydrogens is 282 g/mol. The fourth-order valence-electron chi connectivity index (χ4n) is 2.59. The summed E-state index contributed by atoms with van der Waals surface area (Å²) in [6, 6.07) is 1.58. The largest absolute Gasteiger partial charge is 0.469 e. The minimum atomic E-state index is -1.96. The highest BCUT2D eigenvalue weighted by Gasteiger charge is 2.86. The lowest BCUT2D eigenvalue weighted by molar-refractivity contribution is -0.501. The third-order valence-corrected chi connectivity index (χ3v) is 3.47. The maximum Gasteiger partial charge on any atom is 0.331 e. The smallest absolute Gasteiger partial charge is 0.331 e. The molecule has 21 heavy (non-hydrogen) atoms. The van der Waals surface area contributed by atoms with Crippen LogP contribution in [0.1, 0.15) is 25.5 Å². The van der Waals surface area contributed by atoms with Crippen LogP contribution in [-0.4, -0.2) is 36.1 Å². The van der Waals surface area contributed by atoms with Gasteiger partial charge >= 0.3 is 11.9 Å². The summed E-state index contributed by atoms with van der Waals surface area (Å²) in [5.74, 6) is -2.73. The minimum absolute atomic E-state index is 0.00922. The first-order chi connectivity index (χ1) is 10.0. The molecule has 1 aromatic heterocycles. The van der Waals surface area contributed by atoms with Crippen LogP contribution < -0.4 is 0 Å². The van der Waals surface area contributed by atoms with Crippen molar-refractivity contribution in [3.8, 4) is 0 Å². The Morgan fingerprint density at radius 1 is 1.33 bits per heavy atom. The third kappa shape index (κ3) is 2.16. The number of nitro groups is 1. The summed E-state index contributed by atoms with van der Waals surface area (Å²) in [5, 5.41) is 11.2. The maximum absolute atomic E-state index is 12.2. The molecule has 0 bridgehead atoms. The Balaban J connectivity index is 2.45. The molecule has 0 unspecified atom stereocenters. The van der Waals surface area contributed by atoms with Gasteiger partial charge in [-0.05, 0) is 26.0 Å². The zero-order valence-corrected chi connectivity index (χ0v) is 11.6. The normalized spacial score (nSPS) is 22.4. The lowest BCUT2D eigenvalue weighted by atomic mass is 10.0. The zero-order chi connectivity index (χ0) is 15.6. The SMILES string of the molecule is CCOC(=O)C1(C(=O)OCC)[C@H](c2ccco2)[C@H]1[N+](=O)[O-]. The summed E-state index contributed by atoms with van der Waals surface area (Å²) in [6.45, 7) is 3.13. The Hall–Kier alpha value is -2.38. The first-order valence-electron chi connectivity index (χ1n) is 6.53. The summed E-state index contributed by atoms with van der Waals surface area (Å²) in [7, 11) is 0.